The van der Waals surface area contributed by atoms with E-state index in [1.807, 2.05) is 0 Å². The molecule has 0 aliphatic carbocycles. The number of halogens is 7. The molecule has 0 bridgehead atoms. The largest absolute Gasteiger partial charge is 0.416 e. The third-order valence-electron chi connectivity index (χ3n) is 6.80. The van der Waals surface area contributed by atoms with Crippen LogP contribution in [0.15, 0.2) is 42.5 Å². The lowest BCUT2D eigenvalue weighted by atomic mass is 9.71. The van der Waals surface area contributed by atoms with Gasteiger partial charge in [-0.15, -0.1) is 0 Å². The molecule has 0 saturated carbocycles. The van der Waals surface area contributed by atoms with Crippen LogP contribution in [0.4, 0.5) is 30.7 Å². The Kier molecular flexibility index (Phi) is 7.83. The molecule has 2 unspecified atom stereocenters. The fourth-order valence-electron chi connectivity index (χ4n) is 4.57. The zero-order chi connectivity index (χ0) is 26.0. The number of amides is 1. The smallest absolute Gasteiger partial charge is 0.339 e. The minimum atomic E-state index is -4.97. The lowest BCUT2D eigenvalue weighted by Gasteiger charge is -2.36. The highest BCUT2D eigenvalue weighted by Crippen LogP contribution is 2.40. The van der Waals surface area contributed by atoms with Gasteiger partial charge < -0.3 is 10.2 Å². The van der Waals surface area contributed by atoms with Crippen LogP contribution < -0.4 is 5.32 Å². The summed E-state index contributed by atoms with van der Waals surface area (Å²) in [7, 11) is 1.37. The molecule has 0 spiro atoms. The van der Waals surface area contributed by atoms with Crippen molar-refractivity contribution in [1.29, 1.82) is 0 Å². The lowest BCUT2D eigenvalue weighted by molar-refractivity contribution is -0.143. The van der Waals surface area contributed by atoms with Crippen LogP contribution in [0.25, 0.3) is 0 Å². The van der Waals surface area contributed by atoms with E-state index in [9.17, 15) is 35.5 Å². The minimum Gasteiger partial charge on any atom is -0.339 e. The molecule has 3 rings (SSSR count). The first kappa shape index (κ1) is 27.0. The first-order chi connectivity index (χ1) is 16.2. The maximum absolute atomic E-state index is 13.5. The van der Waals surface area contributed by atoms with E-state index in [2.05, 4.69) is 5.32 Å². The number of carbonyl (C=O) groups is 1. The van der Waals surface area contributed by atoms with Crippen molar-refractivity contribution in [2.24, 2.45) is 0 Å². The van der Waals surface area contributed by atoms with E-state index in [0.717, 1.165) is 18.5 Å². The zero-order valence-corrected chi connectivity index (χ0v) is 19.4. The summed E-state index contributed by atoms with van der Waals surface area (Å²) >= 11 is 0. The van der Waals surface area contributed by atoms with E-state index in [0.29, 0.717) is 31.5 Å². The maximum Gasteiger partial charge on any atom is 0.416 e. The first-order valence-electron chi connectivity index (χ1n) is 11.2. The third-order valence-corrected chi connectivity index (χ3v) is 6.80. The van der Waals surface area contributed by atoms with Gasteiger partial charge >= 0.3 is 12.4 Å². The van der Waals surface area contributed by atoms with Crippen LogP contribution in [0.3, 0.4) is 0 Å². The van der Waals surface area contributed by atoms with Gasteiger partial charge in [0.2, 0.25) is 5.91 Å². The third kappa shape index (κ3) is 6.34. The number of hydrogen-bond donors (Lipinski definition) is 1. The molecule has 2 atom stereocenters. The Hall–Kier alpha value is -2.62. The molecule has 1 fully saturated rings. The molecule has 1 aliphatic heterocycles. The zero-order valence-electron chi connectivity index (χ0n) is 19.4. The van der Waals surface area contributed by atoms with Gasteiger partial charge in [-0.2, -0.15) is 26.3 Å². The Morgan fingerprint density at radius 1 is 0.971 bits per heavy atom. The van der Waals surface area contributed by atoms with Gasteiger partial charge in [-0.1, -0.05) is 12.1 Å². The summed E-state index contributed by atoms with van der Waals surface area (Å²) in [5.74, 6) is -0.840. The molecule has 3 nitrogen and oxygen atoms in total. The first-order valence-corrected chi connectivity index (χ1v) is 11.2. The van der Waals surface area contributed by atoms with Gasteiger partial charge in [-0.3, -0.25) is 4.79 Å². The van der Waals surface area contributed by atoms with Crippen LogP contribution in [-0.2, 0) is 22.6 Å². The molecule has 10 heteroatoms. The molecule has 1 saturated heterocycles. The second kappa shape index (κ2) is 10.2. The second-order valence-electron chi connectivity index (χ2n) is 9.09. The van der Waals surface area contributed by atoms with Gasteiger partial charge in [0.1, 0.15) is 5.82 Å². The molecular weight excluding hydrogens is 477 g/mol. The van der Waals surface area contributed by atoms with Crippen molar-refractivity contribution in [3.63, 3.8) is 0 Å². The Bertz CT molecular complexity index is 991. The average Bonchev–Trinajstić information content (AvgIpc) is 3.03. The standard InChI is InChI=1S/C25H27F7N2O/c1-16(17-12-19(24(27,28)29)14-20(13-17)25(30,31)32)34(2)22(35)15-23(8-3-10-33-11-9-23)18-4-6-21(26)7-5-18/h4-7,12-14,16,33H,3,8-11,15H2,1-2H3. The van der Waals surface area contributed by atoms with E-state index in [1.54, 1.807) is 12.1 Å². The Morgan fingerprint density at radius 2 is 1.54 bits per heavy atom. The Morgan fingerprint density at radius 3 is 2.09 bits per heavy atom. The van der Waals surface area contributed by atoms with Crippen molar-refractivity contribution in [3.8, 4) is 0 Å². The number of nitrogens with one attached hydrogen (secondary N) is 1. The number of hydrogen-bond acceptors (Lipinski definition) is 2. The summed E-state index contributed by atoms with van der Waals surface area (Å²) in [5.41, 5.74) is -2.97. The normalized spacial score (nSPS) is 20.3. The predicted octanol–water partition coefficient (Wildman–Crippen LogP) is 6.48. The fraction of sp³-hybridized carbons (Fsp3) is 0.480. The number of carbonyl (C=O) groups excluding carboxylic acids is 1. The van der Waals surface area contributed by atoms with E-state index in [-0.39, 0.29) is 18.1 Å². The topological polar surface area (TPSA) is 32.3 Å². The van der Waals surface area contributed by atoms with Crippen LogP contribution in [0.5, 0.6) is 0 Å². The Balaban J connectivity index is 1.92. The van der Waals surface area contributed by atoms with Gasteiger partial charge in [-0.05, 0) is 80.7 Å². The number of rotatable bonds is 5. The molecule has 1 heterocycles. The predicted molar refractivity (Wildman–Crippen MR) is 117 cm³/mol. The SMILES string of the molecule is CC(c1cc(C(F)(F)F)cc(C(F)(F)F)c1)N(C)C(=O)CC1(c2ccc(F)cc2)CCCNCC1. The summed E-state index contributed by atoms with van der Waals surface area (Å²) in [6.45, 7) is 2.76. The molecule has 192 valence electrons. The van der Waals surface area contributed by atoms with Crippen molar-refractivity contribution in [3.05, 3.63) is 70.5 Å². The van der Waals surface area contributed by atoms with Crippen LogP contribution in [0.1, 0.15) is 60.9 Å². The summed E-state index contributed by atoms with van der Waals surface area (Å²) in [4.78, 5) is 14.5. The van der Waals surface area contributed by atoms with E-state index >= 15 is 0 Å². The molecule has 2 aromatic carbocycles. The summed E-state index contributed by atoms with van der Waals surface area (Å²) in [5, 5.41) is 3.26. The van der Waals surface area contributed by atoms with Gasteiger partial charge in [0.05, 0.1) is 17.2 Å². The van der Waals surface area contributed by atoms with Gasteiger partial charge in [0.25, 0.3) is 0 Å². The van der Waals surface area contributed by atoms with Crippen molar-refractivity contribution in [2.75, 3.05) is 20.1 Å². The monoisotopic (exact) mass is 504 g/mol. The number of nitrogens with zero attached hydrogens (tertiary/aromatic N) is 1. The van der Waals surface area contributed by atoms with Gasteiger partial charge in [0.15, 0.2) is 0 Å². The van der Waals surface area contributed by atoms with Crippen LogP contribution in [0, 0.1) is 5.82 Å². The molecule has 1 aliphatic rings. The highest BCUT2D eigenvalue weighted by Gasteiger charge is 2.39. The van der Waals surface area contributed by atoms with Gasteiger partial charge in [0, 0.05) is 18.9 Å². The fourth-order valence-corrected chi connectivity index (χ4v) is 4.57. The van der Waals surface area contributed by atoms with Gasteiger partial charge in [-0.25, -0.2) is 4.39 Å². The highest BCUT2D eigenvalue weighted by molar-refractivity contribution is 5.78. The quantitative estimate of drug-likeness (QED) is 0.473. The second-order valence-corrected chi connectivity index (χ2v) is 9.09. The van der Waals surface area contributed by atoms with Crippen LogP contribution in [-0.4, -0.2) is 30.9 Å². The highest BCUT2D eigenvalue weighted by atomic mass is 19.4. The van der Waals surface area contributed by atoms with Crippen LogP contribution in [0.2, 0.25) is 0 Å². The van der Waals surface area contributed by atoms with Crippen LogP contribution >= 0.6 is 0 Å². The molecule has 1 amide bonds. The summed E-state index contributed by atoms with van der Waals surface area (Å²) in [6, 6.07) is 6.20. The Labute approximate surface area is 199 Å². The van der Waals surface area contributed by atoms with Crippen molar-refractivity contribution < 1.29 is 35.5 Å². The molecule has 0 aromatic heterocycles. The van der Waals surface area contributed by atoms with Crippen molar-refractivity contribution in [1.82, 2.24) is 10.2 Å². The molecule has 35 heavy (non-hydrogen) atoms. The van der Waals surface area contributed by atoms with E-state index < -0.39 is 46.7 Å². The number of benzene rings is 2. The minimum absolute atomic E-state index is 0.00770. The van der Waals surface area contributed by atoms with E-state index in [1.165, 1.54) is 31.0 Å². The molecule has 0 radical (unpaired) electrons. The summed E-state index contributed by atoms with van der Waals surface area (Å²) < 4.78 is 93.3. The molecule has 1 N–H and O–H groups in total. The maximum atomic E-state index is 13.5. The summed E-state index contributed by atoms with van der Waals surface area (Å²) in [6.07, 6.45) is -7.99. The number of alkyl halides is 6. The van der Waals surface area contributed by atoms with E-state index in [4.69, 9.17) is 0 Å². The average molecular weight is 504 g/mol. The lowest BCUT2D eigenvalue weighted by Crippen LogP contribution is -2.38. The van der Waals surface area contributed by atoms with Crippen molar-refractivity contribution in [2.45, 2.75) is 56.4 Å². The molecular formula is C25H27F7N2O. The molecule has 2 aromatic rings. The van der Waals surface area contributed by atoms with Crippen molar-refractivity contribution >= 4 is 5.91 Å².